The summed E-state index contributed by atoms with van der Waals surface area (Å²) >= 11 is 0.813. The number of amides is 1. The molecule has 1 amide bonds. The van der Waals surface area contributed by atoms with Crippen LogP contribution in [0.25, 0.3) is 0 Å². The van der Waals surface area contributed by atoms with Crippen LogP contribution in [-0.4, -0.2) is 80.3 Å². The topological polar surface area (TPSA) is 123 Å². The number of methoxy groups -OCH3 is 1. The summed E-state index contributed by atoms with van der Waals surface area (Å²) < 4.78 is 47.1. The summed E-state index contributed by atoms with van der Waals surface area (Å²) in [5.74, 6) is -1.12. The number of hydrogen-bond acceptors (Lipinski definition) is 9. The number of cyclic esters (lactones) is 1. The predicted octanol–water partition coefficient (Wildman–Crippen LogP) is 2.75. The number of rotatable bonds is 12. The van der Waals surface area contributed by atoms with Crippen LogP contribution in [0.1, 0.15) is 49.0 Å². The van der Waals surface area contributed by atoms with Crippen LogP contribution < -0.4 is 0 Å². The van der Waals surface area contributed by atoms with Crippen LogP contribution in [0.15, 0.2) is 21.9 Å². The highest BCUT2D eigenvalue weighted by molar-refractivity contribution is 7.93. The highest BCUT2D eigenvalue weighted by atomic mass is 32.2. The van der Waals surface area contributed by atoms with Gasteiger partial charge in [0.25, 0.3) is 0 Å². The van der Waals surface area contributed by atoms with Gasteiger partial charge in [0.2, 0.25) is 14.2 Å². The lowest BCUT2D eigenvalue weighted by molar-refractivity contribution is -0.0147. The van der Waals surface area contributed by atoms with Crippen LogP contribution in [0, 0.1) is 5.41 Å². The van der Waals surface area contributed by atoms with Crippen molar-refractivity contribution >= 4 is 33.2 Å². The summed E-state index contributed by atoms with van der Waals surface area (Å²) in [6, 6.07) is -0.507. The predicted molar refractivity (Wildman–Crippen MR) is 119 cm³/mol. The number of esters is 1. The van der Waals surface area contributed by atoms with Crippen molar-refractivity contribution < 1.29 is 37.0 Å². The average molecular weight is 505 g/mol. The molecule has 0 radical (unpaired) electrons. The highest BCUT2D eigenvalue weighted by Crippen LogP contribution is 2.48. The minimum Gasteiger partial charge on any atom is -0.464 e. The first-order valence-corrected chi connectivity index (χ1v) is 13.4. The number of aromatic nitrogens is 1. The molecule has 0 bridgehead atoms. The van der Waals surface area contributed by atoms with E-state index in [2.05, 4.69) is 9.72 Å². The van der Waals surface area contributed by atoms with E-state index in [4.69, 9.17) is 4.74 Å². The van der Waals surface area contributed by atoms with Gasteiger partial charge in [-0.25, -0.2) is 23.0 Å². The minimum atomic E-state index is -3.83. The number of sulfone groups is 1. The van der Waals surface area contributed by atoms with Crippen molar-refractivity contribution in [2.75, 3.05) is 32.7 Å². The summed E-state index contributed by atoms with van der Waals surface area (Å²) in [6.45, 7) is -0.436. The van der Waals surface area contributed by atoms with E-state index in [0.717, 1.165) is 37.0 Å². The van der Waals surface area contributed by atoms with Crippen molar-refractivity contribution in [3.63, 3.8) is 0 Å². The molecule has 9 nitrogen and oxygen atoms in total. The van der Waals surface area contributed by atoms with Crippen molar-refractivity contribution in [1.82, 2.24) is 9.88 Å². The van der Waals surface area contributed by atoms with Gasteiger partial charge in [0.1, 0.15) is 6.61 Å². The Bertz CT molecular complexity index is 975. The fourth-order valence-electron chi connectivity index (χ4n) is 4.12. The van der Waals surface area contributed by atoms with E-state index in [1.807, 2.05) is 0 Å². The lowest BCUT2D eigenvalue weighted by Crippen LogP contribution is -2.41. The zero-order valence-electron chi connectivity index (χ0n) is 18.4. The summed E-state index contributed by atoms with van der Waals surface area (Å²) in [6.07, 6.45) is 6.65. The second-order valence-electron chi connectivity index (χ2n) is 8.34. The zero-order chi connectivity index (χ0) is 24.1. The Morgan fingerprint density at radius 2 is 2.24 bits per heavy atom. The van der Waals surface area contributed by atoms with Gasteiger partial charge < -0.3 is 14.6 Å². The molecule has 1 aliphatic heterocycles. The molecule has 0 aromatic carbocycles. The second kappa shape index (κ2) is 10.9. The van der Waals surface area contributed by atoms with Crippen molar-refractivity contribution in [2.24, 2.45) is 5.41 Å². The molecule has 12 heteroatoms. The molecule has 2 unspecified atom stereocenters. The molecule has 1 aromatic rings. The van der Waals surface area contributed by atoms with Gasteiger partial charge in [-0.3, -0.25) is 9.29 Å². The van der Waals surface area contributed by atoms with Gasteiger partial charge >= 0.3 is 12.1 Å². The van der Waals surface area contributed by atoms with Gasteiger partial charge in [0.05, 0.1) is 31.7 Å². The largest absolute Gasteiger partial charge is 0.464 e. The molecular formula is C21H29FN2O7S2. The van der Waals surface area contributed by atoms with Crippen LogP contribution in [0.4, 0.5) is 9.18 Å². The normalized spacial score (nSPS) is 21.1. The number of thiazole rings is 1. The highest BCUT2D eigenvalue weighted by Gasteiger charge is 2.42. The molecule has 0 spiro atoms. The minimum absolute atomic E-state index is 0.0562. The molecule has 2 fully saturated rings. The lowest BCUT2D eigenvalue weighted by Gasteiger charge is -2.45. The fraction of sp³-hybridized carbons (Fsp3) is 0.667. The third kappa shape index (κ3) is 5.90. The first-order chi connectivity index (χ1) is 15.7. The van der Waals surface area contributed by atoms with Crippen molar-refractivity contribution in [1.29, 1.82) is 0 Å². The summed E-state index contributed by atoms with van der Waals surface area (Å²) in [7, 11) is -2.65. The third-order valence-electron chi connectivity index (χ3n) is 6.31. The van der Waals surface area contributed by atoms with Crippen LogP contribution >= 0.6 is 11.3 Å². The van der Waals surface area contributed by atoms with Gasteiger partial charge in [0.15, 0.2) is 5.69 Å². The maximum Gasteiger partial charge on any atom is 0.410 e. The molecule has 1 saturated heterocycles. The van der Waals surface area contributed by atoms with Gasteiger partial charge in [0, 0.05) is 11.9 Å². The van der Waals surface area contributed by atoms with Crippen LogP contribution in [0.3, 0.4) is 0 Å². The molecule has 1 aromatic heterocycles. The van der Waals surface area contributed by atoms with E-state index in [0.29, 0.717) is 12.8 Å². The Balaban J connectivity index is 1.61. The maximum atomic E-state index is 12.6. The van der Waals surface area contributed by atoms with Gasteiger partial charge in [-0.15, -0.1) is 11.3 Å². The fourth-order valence-corrected chi connectivity index (χ4v) is 6.46. The van der Waals surface area contributed by atoms with E-state index in [1.165, 1.54) is 17.4 Å². The molecule has 184 valence electrons. The molecule has 2 heterocycles. The van der Waals surface area contributed by atoms with E-state index >= 15 is 0 Å². The lowest BCUT2D eigenvalue weighted by atomic mass is 9.62. The smallest absolute Gasteiger partial charge is 0.410 e. The number of ether oxygens (including phenoxy) is 2. The quantitative estimate of drug-likeness (QED) is 0.262. The zero-order valence-corrected chi connectivity index (χ0v) is 20.1. The van der Waals surface area contributed by atoms with Crippen molar-refractivity contribution in [3.05, 3.63) is 23.2 Å². The van der Waals surface area contributed by atoms with Crippen molar-refractivity contribution in [3.8, 4) is 0 Å². The van der Waals surface area contributed by atoms with Crippen LogP contribution in [-0.2, 0) is 19.3 Å². The number of carbonyl (C=O) groups excluding carboxylic acids is 2. The van der Waals surface area contributed by atoms with E-state index < -0.39 is 39.8 Å². The molecule has 1 aliphatic carbocycles. The van der Waals surface area contributed by atoms with E-state index in [1.54, 1.807) is 12.2 Å². The number of nitrogens with zero attached hydrogens (tertiary/aromatic N) is 2. The number of carbonyl (C=O) groups is 2. The SMILES string of the molecule is COC(=O)c1csc(S(=O)(=O)CCN2C(=O)OCC2C=CC(O)C2(CCCCF)CCC2)n1. The van der Waals surface area contributed by atoms with Crippen molar-refractivity contribution in [2.45, 2.75) is 55.0 Å². The Labute approximate surface area is 196 Å². The van der Waals surface area contributed by atoms with Crippen LogP contribution in [0.2, 0.25) is 0 Å². The standard InChI is InChI=1S/C21H29FN2O7S2/c1-30-18(26)16-14-32-19(23-16)33(28,29)12-11-24-15(13-31-20(24)27)5-6-17(25)21(8-4-9-21)7-2-3-10-22/h5-6,14-15,17,25H,2-4,7-13H2,1H3. The molecule has 2 aliphatic rings. The van der Waals surface area contributed by atoms with E-state index in [9.17, 15) is 27.5 Å². The number of alkyl halides is 1. The molecule has 33 heavy (non-hydrogen) atoms. The first kappa shape index (κ1) is 25.6. The summed E-state index contributed by atoms with van der Waals surface area (Å²) in [5, 5.41) is 12.0. The van der Waals surface area contributed by atoms with E-state index in [-0.39, 0.29) is 35.3 Å². The monoisotopic (exact) mass is 504 g/mol. The molecular weight excluding hydrogens is 475 g/mol. The van der Waals surface area contributed by atoms with Crippen LogP contribution in [0.5, 0.6) is 0 Å². The maximum absolute atomic E-state index is 12.6. The number of unbranched alkanes of at least 4 members (excludes halogenated alkanes) is 1. The number of hydrogen-bond donors (Lipinski definition) is 1. The Kier molecular flexibility index (Phi) is 8.46. The number of aliphatic hydroxyl groups excluding tert-OH is 1. The summed E-state index contributed by atoms with van der Waals surface area (Å²) in [4.78, 5) is 28.8. The molecule has 2 atom stereocenters. The Morgan fingerprint density at radius 1 is 1.48 bits per heavy atom. The molecule has 1 N–H and O–H groups in total. The third-order valence-corrected chi connectivity index (χ3v) is 9.34. The van der Waals surface area contributed by atoms with Gasteiger partial charge in [-0.2, -0.15) is 0 Å². The van der Waals surface area contributed by atoms with Gasteiger partial charge in [-0.1, -0.05) is 25.0 Å². The Morgan fingerprint density at radius 3 is 2.88 bits per heavy atom. The average Bonchev–Trinajstić information content (AvgIpc) is 3.39. The number of aliphatic hydroxyl groups is 1. The van der Waals surface area contributed by atoms with Gasteiger partial charge in [-0.05, 0) is 31.1 Å². The Hall–Kier alpha value is -2.05. The summed E-state index contributed by atoms with van der Waals surface area (Å²) in [5.41, 5.74) is -0.348. The molecule has 3 rings (SSSR count). The first-order valence-electron chi connectivity index (χ1n) is 10.8. The number of halogens is 1. The second-order valence-corrected chi connectivity index (χ2v) is 11.5. The molecule has 1 saturated carbocycles.